The van der Waals surface area contributed by atoms with Crippen LogP contribution in [0.2, 0.25) is 0 Å². The molecule has 0 aromatic heterocycles. The molecule has 3 heteroatoms. The third-order valence-corrected chi connectivity index (χ3v) is 2.95. The van der Waals surface area contributed by atoms with Crippen molar-refractivity contribution in [2.75, 3.05) is 0 Å². The minimum atomic E-state index is -1.30. The summed E-state index contributed by atoms with van der Waals surface area (Å²) in [6.45, 7) is 4.31. The minimum absolute atomic E-state index is 0.332. The highest BCUT2D eigenvalue weighted by Gasteiger charge is 2.08. The van der Waals surface area contributed by atoms with Crippen LogP contribution in [0.3, 0.4) is 0 Å². The van der Waals surface area contributed by atoms with Crippen LogP contribution in [0.4, 0.5) is 4.79 Å². The van der Waals surface area contributed by atoms with Crippen LogP contribution in [0.1, 0.15) is 25.3 Å². The molecule has 0 unspecified atom stereocenters. The molecule has 0 heterocycles. The fourth-order valence-corrected chi connectivity index (χ4v) is 2.07. The molecule has 2 rings (SSSR count). The summed E-state index contributed by atoms with van der Waals surface area (Å²) in [5.74, 6) is 0.768. The Balaban J connectivity index is 2.35. The third kappa shape index (κ3) is 3.13. The van der Waals surface area contributed by atoms with E-state index in [1.165, 1.54) is 11.1 Å². The number of rotatable bonds is 3. The van der Waals surface area contributed by atoms with E-state index in [-0.39, 0.29) is 0 Å². The number of carboxylic acid groups (broad SMARTS) is 1. The normalized spacial score (nSPS) is 10.5. The zero-order valence-corrected chi connectivity index (χ0v) is 11.0. The lowest BCUT2D eigenvalue weighted by atomic mass is 9.93. The Hall–Kier alpha value is -2.29. The molecule has 98 valence electrons. The van der Waals surface area contributed by atoms with E-state index < -0.39 is 6.16 Å². The van der Waals surface area contributed by atoms with E-state index >= 15 is 0 Å². The maximum absolute atomic E-state index is 10.4. The zero-order valence-electron chi connectivity index (χ0n) is 11.0. The fraction of sp³-hybridized carbons (Fsp3) is 0.188. The first-order chi connectivity index (χ1) is 9.08. The Labute approximate surface area is 112 Å². The van der Waals surface area contributed by atoms with Crippen molar-refractivity contribution < 1.29 is 14.6 Å². The average Bonchev–Trinajstić information content (AvgIpc) is 2.39. The van der Waals surface area contributed by atoms with Crippen molar-refractivity contribution >= 4 is 6.16 Å². The molecule has 3 nitrogen and oxygen atoms in total. The Morgan fingerprint density at radius 1 is 1.05 bits per heavy atom. The molecule has 0 saturated heterocycles. The molecule has 0 aliphatic heterocycles. The molecule has 0 aliphatic carbocycles. The van der Waals surface area contributed by atoms with Crippen molar-refractivity contribution in [1.82, 2.24) is 0 Å². The minimum Gasteiger partial charge on any atom is -0.449 e. The lowest BCUT2D eigenvalue weighted by molar-refractivity contribution is 0.144. The van der Waals surface area contributed by atoms with Gasteiger partial charge in [0, 0.05) is 0 Å². The van der Waals surface area contributed by atoms with Crippen molar-refractivity contribution in [2.45, 2.75) is 19.8 Å². The number of ether oxygens (including phenoxy) is 1. The maximum Gasteiger partial charge on any atom is 0.511 e. The van der Waals surface area contributed by atoms with Crippen LogP contribution < -0.4 is 4.74 Å². The van der Waals surface area contributed by atoms with Gasteiger partial charge in [-0.3, -0.25) is 0 Å². The van der Waals surface area contributed by atoms with Gasteiger partial charge in [0.2, 0.25) is 0 Å². The Morgan fingerprint density at radius 2 is 1.68 bits per heavy atom. The van der Waals surface area contributed by atoms with Gasteiger partial charge in [-0.25, -0.2) is 4.79 Å². The Bertz CT molecular complexity index is 571. The predicted octanol–water partition coefficient (Wildman–Crippen LogP) is 4.53. The molecule has 0 fully saturated rings. The van der Waals surface area contributed by atoms with E-state index in [1.54, 1.807) is 12.1 Å². The molecular weight excluding hydrogens is 240 g/mol. The highest BCUT2D eigenvalue weighted by atomic mass is 16.7. The van der Waals surface area contributed by atoms with Gasteiger partial charge in [-0.1, -0.05) is 50.2 Å². The van der Waals surface area contributed by atoms with Crippen molar-refractivity contribution in [1.29, 1.82) is 0 Å². The molecule has 0 bridgehead atoms. The summed E-state index contributed by atoms with van der Waals surface area (Å²) in [7, 11) is 0. The lowest BCUT2D eigenvalue weighted by Gasteiger charge is -2.13. The summed E-state index contributed by atoms with van der Waals surface area (Å²) in [5, 5.41) is 8.55. The third-order valence-electron chi connectivity index (χ3n) is 2.95. The van der Waals surface area contributed by atoms with Crippen molar-refractivity contribution in [3.05, 3.63) is 54.1 Å². The van der Waals surface area contributed by atoms with Crippen LogP contribution in [0.15, 0.2) is 48.5 Å². The fourth-order valence-electron chi connectivity index (χ4n) is 2.07. The van der Waals surface area contributed by atoms with Crippen LogP contribution in [0, 0.1) is 0 Å². The lowest BCUT2D eigenvalue weighted by Crippen LogP contribution is -2.02. The van der Waals surface area contributed by atoms with Gasteiger partial charge in [0.25, 0.3) is 0 Å². The topological polar surface area (TPSA) is 46.5 Å². The molecule has 0 aliphatic rings. The first-order valence-corrected chi connectivity index (χ1v) is 6.18. The van der Waals surface area contributed by atoms with E-state index in [4.69, 9.17) is 5.11 Å². The van der Waals surface area contributed by atoms with Gasteiger partial charge >= 0.3 is 6.16 Å². The average molecular weight is 256 g/mol. The number of carbonyl (C=O) groups is 1. The summed E-state index contributed by atoms with van der Waals surface area (Å²) in [5.41, 5.74) is 3.50. The molecule has 0 spiro atoms. The van der Waals surface area contributed by atoms with Gasteiger partial charge in [0.15, 0.2) is 0 Å². The smallest absolute Gasteiger partial charge is 0.449 e. The Morgan fingerprint density at radius 3 is 2.26 bits per heavy atom. The molecule has 0 saturated carbocycles. The number of benzene rings is 2. The molecule has 2 aromatic carbocycles. The second-order valence-corrected chi connectivity index (χ2v) is 4.63. The molecule has 19 heavy (non-hydrogen) atoms. The number of hydrogen-bond donors (Lipinski definition) is 1. The molecule has 1 N–H and O–H groups in total. The van der Waals surface area contributed by atoms with Crippen LogP contribution in [0.25, 0.3) is 11.1 Å². The van der Waals surface area contributed by atoms with Crippen LogP contribution >= 0.6 is 0 Å². The molecule has 0 atom stereocenters. The quantitative estimate of drug-likeness (QED) is 0.648. The highest BCUT2D eigenvalue weighted by Crippen LogP contribution is 2.30. The van der Waals surface area contributed by atoms with Gasteiger partial charge in [0.05, 0.1) is 0 Å². The van der Waals surface area contributed by atoms with E-state index in [2.05, 4.69) is 30.7 Å². The highest BCUT2D eigenvalue weighted by molar-refractivity contribution is 5.69. The number of hydrogen-bond acceptors (Lipinski definition) is 2. The molecular formula is C16H16O3. The van der Waals surface area contributed by atoms with Crippen LogP contribution in [-0.2, 0) is 0 Å². The molecule has 0 radical (unpaired) electrons. The standard InChI is InChI=1S/C16H16O3/c1-11(2)14-5-3-4-6-15(14)12-7-9-13(10-8-12)19-16(17)18/h3-11H,1-2H3,(H,17,18). The van der Waals surface area contributed by atoms with Gasteiger partial charge in [-0.05, 0) is 34.7 Å². The van der Waals surface area contributed by atoms with Crippen molar-refractivity contribution in [3.8, 4) is 16.9 Å². The van der Waals surface area contributed by atoms with E-state index in [9.17, 15) is 4.79 Å². The largest absolute Gasteiger partial charge is 0.511 e. The first-order valence-electron chi connectivity index (χ1n) is 6.18. The van der Waals surface area contributed by atoms with Crippen molar-refractivity contribution in [3.63, 3.8) is 0 Å². The van der Waals surface area contributed by atoms with Gasteiger partial charge < -0.3 is 9.84 Å². The van der Waals surface area contributed by atoms with Crippen molar-refractivity contribution in [2.24, 2.45) is 0 Å². The molecule has 2 aromatic rings. The monoisotopic (exact) mass is 256 g/mol. The van der Waals surface area contributed by atoms with Gasteiger partial charge in [0.1, 0.15) is 5.75 Å². The summed E-state index contributed by atoms with van der Waals surface area (Å²) >= 11 is 0. The zero-order chi connectivity index (χ0) is 13.8. The molecule has 0 amide bonds. The summed E-state index contributed by atoms with van der Waals surface area (Å²) in [4.78, 5) is 10.4. The Kier molecular flexibility index (Phi) is 3.85. The first kappa shape index (κ1) is 13.1. The van der Waals surface area contributed by atoms with Crippen LogP contribution in [-0.4, -0.2) is 11.3 Å². The van der Waals surface area contributed by atoms with Crippen LogP contribution in [0.5, 0.6) is 5.75 Å². The van der Waals surface area contributed by atoms with E-state index in [0.29, 0.717) is 11.7 Å². The van der Waals surface area contributed by atoms with E-state index in [1.807, 2.05) is 24.3 Å². The van der Waals surface area contributed by atoms with E-state index in [0.717, 1.165) is 5.56 Å². The SMILES string of the molecule is CC(C)c1ccccc1-c1ccc(OC(=O)O)cc1. The van der Waals surface area contributed by atoms with Gasteiger partial charge in [-0.2, -0.15) is 0 Å². The second kappa shape index (κ2) is 5.57. The second-order valence-electron chi connectivity index (χ2n) is 4.63. The van der Waals surface area contributed by atoms with Gasteiger partial charge in [-0.15, -0.1) is 0 Å². The predicted molar refractivity (Wildman–Crippen MR) is 74.6 cm³/mol. The maximum atomic E-state index is 10.4. The summed E-state index contributed by atoms with van der Waals surface area (Å²) in [6.07, 6.45) is -1.30. The summed E-state index contributed by atoms with van der Waals surface area (Å²) < 4.78 is 4.60. The summed E-state index contributed by atoms with van der Waals surface area (Å²) in [6, 6.07) is 15.3.